The number of benzene rings is 1. The average molecular weight is 287 g/mol. The molecule has 3 heteroatoms. The smallest absolute Gasteiger partial charge is 0.0343 e. The third kappa shape index (κ3) is 4.45. The van der Waals surface area contributed by atoms with E-state index in [9.17, 15) is 0 Å². The summed E-state index contributed by atoms with van der Waals surface area (Å²) in [5.41, 5.74) is 2.75. The third-order valence-corrected chi connectivity index (χ3v) is 4.96. The lowest BCUT2D eigenvalue weighted by Gasteiger charge is -2.29. The third-order valence-electron chi connectivity index (χ3n) is 4.96. The SMILES string of the molecule is CN1CCC(CNc2cccc(CN3CCCC3)c2)CC1. The number of nitrogens with one attached hydrogen (secondary N) is 1. The standard InChI is InChI=1S/C18H29N3/c1-20-11-7-16(8-12-20)14-19-18-6-4-5-17(13-18)15-21-9-2-3-10-21/h4-6,13,16,19H,2-3,7-12,14-15H2,1H3. The van der Waals surface area contributed by atoms with E-state index in [4.69, 9.17) is 0 Å². The molecule has 2 aliphatic heterocycles. The van der Waals surface area contributed by atoms with Crippen LogP contribution in [-0.4, -0.2) is 49.6 Å². The van der Waals surface area contributed by atoms with Crippen LogP contribution in [0.3, 0.4) is 0 Å². The zero-order chi connectivity index (χ0) is 14.5. The molecule has 0 spiro atoms. The van der Waals surface area contributed by atoms with Crippen LogP contribution in [0, 0.1) is 5.92 Å². The molecule has 2 heterocycles. The minimum Gasteiger partial charge on any atom is -0.385 e. The molecule has 0 amide bonds. The van der Waals surface area contributed by atoms with Gasteiger partial charge in [0.2, 0.25) is 0 Å². The summed E-state index contributed by atoms with van der Waals surface area (Å²) in [6, 6.07) is 9.01. The van der Waals surface area contributed by atoms with Crippen molar-refractivity contribution >= 4 is 5.69 Å². The zero-order valence-electron chi connectivity index (χ0n) is 13.4. The highest BCUT2D eigenvalue weighted by Gasteiger charge is 2.16. The Labute approximate surface area is 129 Å². The van der Waals surface area contributed by atoms with E-state index in [1.165, 1.54) is 63.1 Å². The monoisotopic (exact) mass is 287 g/mol. The summed E-state index contributed by atoms with van der Waals surface area (Å²) in [7, 11) is 2.23. The van der Waals surface area contributed by atoms with Crippen molar-refractivity contribution in [3.63, 3.8) is 0 Å². The first-order chi connectivity index (χ1) is 10.3. The van der Waals surface area contributed by atoms with Gasteiger partial charge in [0.15, 0.2) is 0 Å². The molecule has 1 aromatic rings. The molecule has 1 aromatic carbocycles. The Bertz CT molecular complexity index is 432. The molecule has 3 nitrogen and oxygen atoms in total. The molecular formula is C18H29N3. The minimum absolute atomic E-state index is 0.837. The molecule has 0 aliphatic carbocycles. The van der Waals surface area contributed by atoms with Crippen molar-refractivity contribution in [3.8, 4) is 0 Å². The van der Waals surface area contributed by atoms with Crippen LogP contribution >= 0.6 is 0 Å². The normalized spacial score (nSPS) is 21.8. The number of rotatable bonds is 5. The van der Waals surface area contributed by atoms with Crippen molar-refractivity contribution in [1.82, 2.24) is 9.80 Å². The van der Waals surface area contributed by atoms with Crippen LogP contribution in [0.15, 0.2) is 24.3 Å². The Morgan fingerprint density at radius 2 is 1.86 bits per heavy atom. The molecule has 2 fully saturated rings. The largest absolute Gasteiger partial charge is 0.385 e. The van der Waals surface area contributed by atoms with E-state index in [1.54, 1.807) is 0 Å². The summed E-state index contributed by atoms with van der Waals surface area (Å²) >= 11 is 0. The van der Waals surface area contributed by atoms with E-state index in [1.807, 2.05) is 0 Å². The van der Waals surface area contributed by atoms with Crippen molar-refractivity contribution < 1.29 is 0 Å². The van der Waals surface area contributed by atoms with Gasteiger partial charge >= 0.3 is 0 Å². The summed E-state index contributed by atoms with van der Waals surface area (Å²) in [6.07, 6.45) is 5.40. The van der Waals surface area contributed by atoms with Crippen LogP contribution in [-0.2, 0) is 6.54 Å². The summed E-state index contributed by atoms with van der Waals surface area (Å²) < 4.78 is 0. The summed E-state index contributed by atoms with van der Waals surface area (Å²) in [4.78, 5) is 5.00. The molecule has 0 aromatic heterocycles. The molecule has 0 radical (unpaired) electrons. The number of likely N-dealkylation sites (tertiary alicyclic amines) is 2. The molecule has 2 saturated heterocycles. The predicted octanol–water partition coefficient (Wildman–Crippen LogP) is 3.04. The maximum atomic E-state index is 3.66. The van der Waals surface area contributed by atoms with Crippen molar-refractivity contribution in [3.05, 3.63) is 29.8 Å². The van der Waals surface area contributed by atoms with E-state index < -0.39 is 0 Å². The lowest BCUT2D eigenvalue weighted by Crippen LogP contribution is -2.32. The predicted molar refractivity (Wildman–Crippen MR) is 89.7 cm³/mol. The number of hydrogen-bond donors (Lipinski definition) is 1. The molecule has 0 unspecified atom stereocenters. The first-order valence-corrected chi connectivity index (χ1v) is 8.53. The minimum atomic E-state index is 0.837. The second kappa shape index (κ2) is 7.28. The Morgan fingerprint density at radius 3 is 2.62 bits per heavy atom. The highest BCUT2D eigenvalue weighted by Crippen LogP contribution is 2.19. The van der Waals surface area contributed by atoms with Gasteiger partial charge in [-0.15, -0.1) is 0 Å². The lowest BCUT2D eigenvalue weighted by molar-refractivity contribution is 0.226. The first-order valence-electron chi connectivity index (χ1n) is 8.53. The topological polar surface area (TPSA) is 18.5 Å². The number of piperidine rings is 1. The summed E-state index contributed by atoms with van der Waals surface area (Å²) in [5, 5.41) is 3.66. The van der Waals surface area contributed by atoms with Crippen LogP contribution in [0.25, 0.3) is 0 Å². The number of anilines is 1. The van der Waals surface area contributed by atoms with Gasteiger partial charge in [0.25, 0.3) is 0 Å². The van der Waals surface area contributed by atoms with E-state index in [-0.39, 0.29) is 0 Å². The zero-order valence-corrected chi connectivity index (χ0v) is 13.4. The average Bonchev–Trinajstić information content (AvgIpc) is 3.00. The molecule has 1 N–H and O–H groups in total. The van der Waals surface area contributed by atoms with Crippen molar-refractivity contribution in [2.45, 2.75) is 32.2 Å². The van der Waals surface area contributed by atoms with Gasteiger partial charge in [0.05, 0.1) is 0 Å². The second-order valence-corrected chi connectivity index (χ2v) is 6.81. The fourth-order valence-corrected chi connectivity index (χ4v) is 3.51. The van der Waals surface area contributed by atoms with Gasteiger partial charge in [-0.2, -0.15) is 0 Å². The molecule has 2 aliphatic rings. The van der Waals surface area contributed by atoms with E-state index >= 15 is 0 Å². The Hall–Kier alpha value is -1.06. The fourth-order valence-electron chi connectivity index (χ4n) is 3.51. The van der Waals surface area contributed by atoms with E-state index in [0.29, 0.717) is 0 Å². The molecule has 0 bridgehead atoms. The summed E-state index contributed by atoms with van der Waals surface area (Å²) in [5.74, 6) is 0.837. The Balaban J connectivity index is 1.48. The van der Waals surface area contributed by atoms with Gasteiger partial charge in [0, 0.05) is 18.8 Å². The first kappa shape index (κ1) is 14.9. The molecule has 3 rings (SSSR count). The number of hydrogen-bond acceptors (Lipinski definition) is 3. The van der Waals surface area contributed by atoms with Crippen LogP contribution < -0.4 is 5.32 Å². The van der Waals surface area contributed by atoms with Gasteiger partial charge in [-0.05, 0) is 82.5 Å². The quantitative estimate of drug-likeness (QED) is 0.898. The highest BCUT2D eigenvalue weighted by molar-refractivity contribution is 5.45. The van der Waals surface area contributed by atoms with Crippen molar-refractivity contribution in [1.29, 1.82) is 0 Å². The Morgan fingerprint density at radius 1 is 1.10 bits per heavy atom. The second-order valence-electron chi connectivity index (χ2n) is 6.81. The molecule has 0 saturated carbocycles. The molecular weight excluding hydrogens is 258 g/mol. The van der Waals surface area contributed by atoms with Crippen LogP contribution in [0.5, 0.6) is 0 Å². The van der Waals surface area contributed by atoms with Crippen LogP contribution in [0.2, 0.25) is 0 Å². The maximum Gasteiger partial charge on any atom is 0.0343 e. The van der Waals surface area contributed by atoms with Crippen molar-refractivity contribution in [2.75, 3.05) is 45.1 Å². The van der Waals surface area contributed by atoms with Gasteiger partial charge in [-0.25, -0.2) is 0 Å². The van der Waals surface area contributed by atoms with Crippen LogP contribution in [0.1, 0.15) is 31.2 Å². The van der Waals surface area contributed by atoms with Crippen molar-refractivity contribution in [2.24, 2.45) is 5.92 Å². The number of nitrogens with zero attached hydrogens (tertiary/aromatic N) is 2. The van der Waals surface area contributed by atoms with E-state index in [2.05, 4.69) is 46.4 Å². The fraction of sp³-hybridized carbons (Fsp3) is 0.667. The Kier molecular flexibility index (Phi) is 5.15. The van der Waals surface area contributed by atoms with Gasteiger partial charge in [0.1, 0.15) is 0 Å². The molecule has 21 heavy (non-hydrogen) atoms. The van der Waals surface area contributed by atoms with Gasteiger partial charge in [-0.1, -0.05) is 12.1 Å². The molecule has 116 valence electrons. The van der Waals surface area contributed by atoms with Crippen LogP contribution in [0.4, 0.5) is 5.69 Å². The highest BCUT2D eigenvalue weighted by atomic mass is 15.1. The molecule has 0 atom stereocenters. The maximum absolute atomic E-state index is 3.66. The van der Waals surface area contributed by atoms with Gasteiger partial charge in [-0.3, -0.25) is 4.90 Å². The van der Waals surface area contributed by atoms with Gasteiger partial charge < -0.3 is 10.2 Å². The lowest BCUT2D eigenvalue weighted by atomic mass is 9.97. The summed E-state index contributed by atoms with van der Waals surface area (Å²) in [6.45, 7) is 7.29. The van der Waals surface area contributed by atoms with E-state index in [0.717, 1.165) is 19.0 Å².